The lowest BCUT2D eigenvalue weighted by molar-refractivity contribution is -0.385. The van der Waals surface area contributed by atoms with Crippen LogP contribution in [0.4, 0.5) is 5.69 Å². The van der Waals surface area contributed by atoms with Crippen molar-refractivity contribution in [3.63, 3.8) is 0 Å². The number of esters is 1. The molecule has 0 spiro atoms. The number of nitro groups is 1. The lowest BCUT2D eigenvalue weighted by atomic mass is 10.1. The molecule has 0 aliphatic carbocycles. The van der Waals surface area contributed by atoms with Gasteiger partial charge >= 0.3 is 5.97 Å². The first-order valence-electron chi connectivity index (χ1n) is 5.92. The highest BCUT2D eigenvalue weighted by Gasteiger charge is 2.22. The molecule has 0 atom stereocenters. The predicted molar refractivity (Wildman–Crippen MR) is 81.0 cm³/mol. The molecule has 0 aromatic heterocycles. The SMILES string of the molecule is COC(=O)c1ccc(Oc2ccc(Cl)cc2Cl)cc1[N+](=O)[O-]. The Morgan fingerprint density at radius 3 is 2.50 bits per heavy atom. The Kier molecular flexibility index (Phi) is 4.85. The first-order valence-corrected chi connectivity index (χ1v) is 6.67. The molecule has 0 aliphatic heterocycles. The lowest BCUT2D eigenvalue weighted by Crippen LogP contribution is -2.05. The summed E-state index contributed by atoms with van der Waals surface area (Å²) < 4.78 is 9.97. The highest BCUT2D eigenvalue weighted by molar-refractivity contribution is 6.35. The van der Waals surface area contributed by atoms with E-state index in [1.54, 1.807) is 6.07 Å². The minimum atomic E-state index is -0.803. The highest BCUT2D eigenvalue weighted by atomic mass is 35.5. The number of halogens is 2. The van der Waals surface area contributed by atoms with Crippen LogP contribution >= 0.6 is 23.2 Å². The molecule has 0 saturated carbocycles. The Hall–Kier alpha value is -2.31. The molecular formula is C14H9Cl2NO5. The lowest BCUT2D eigenvalue weighted by Gasteiger charge is -2.09. The zero-order valence-corrected chi connectivity index (χ0v) is 12.7. The smallest absolute Gasteiger partial charge is 0.344 e. The third-order valence-corrected chi connectivity index (χ3v) is 3.22. The van der Waals surface area contributed by atoms with Crippen LogP contribution in [0.15, 0.2) is 36.4 Å². The van der Waals surface area contributed by atoms with Gasteiger partial charge in [0.25, 0.3) is 5.69 Å². The van der Waals surface area contributed by atoms with Crippen molar-refractivity contribution >= 4 is 34.9 Å². The van der Waals surface area contributed by atoms with Crippen LogP contribution in [0, 0.1) is 10.1 Å². The van der Waals surface area contributed by atoms with E-state index in [4.69, 9.17) is 27.9 Å². The van der Waals surface area contributed by atoms with Crippen molar-refractivity contribution in [2.75, 3.05) is 7.11 Å². The number of hydrogen-bond donors (Lipinski definition) is 0. The summed E-state index contributed by atoms with van der Waals surface area (Å²) >= 11 is 11.7. The van der Waals surface area contributed by atoms with Crippen molar-refractivity contribution in [2.45, 2.75) is 0 Å². The van der Waals surface area contributed by atoms with Gasteiger partial charge < -0.3 is 9.47 Å². The summed E-state index contributed by atoms with van der Waals surface area (Å²) in [5, 5.41) is 11.7. The molecular weight excluding hydrogens is 333 g/mol. The second-order valence-corrected chi connectivity index (χ2v) is 4.95. The van der Waals surface area contributed by atoms with E-state index in [9.17, 15) is 14.9 Å². The van der Waals surface area contributed by atoms with E-state index in [-0.39, 0.29) is 22.1 Å². The number of nitrogens with zero attached hydrogens (tertiary/aromatic N) is 1. The van der Waals surface area contributed by atoms with Gasteiger partial charge in [0.05, 0.1) is 23.1 Å². The van der Waals surface area contributed by atoms with Gasteiger partial charge in [-0.25, -0.2) is 4.79 Å². The second kappa shape index (κ2) is 6.64. The van der Waals surface area contributed by atoms with Gasteiger partial charge in [0.2, 0.25) is 0 Å². The Labute approximate surface area is 135 Å². The number of carbonyl (C=O) groups excluding carboxylic acids is 1. The summed E-state index contributed by atoms with van der Waals surface area (Å²) in [5.41, 5.74) is -0.587. The molecule has 2 rings (SSSR count). The van der Waals surface area contributed by atoms with Crippen LogP contribution in [0.3, 0.4) is 0 Å². The minimum absolute atomic E-state index is 0.156. The Morgan fingerprint density at radius 2 is 1.91 bits per heavy atom. The van der Waals surface area contributed by atoms with Gasteiger partial charge in [-0.15, -0.1) is 0 Å². The van der Waals surface area contributed by atoms with Crippen LogP contribution in [0.5, 0.6) is 11.5 Å². The zero-order valence-electron chi connectivity index (χ0n) is 11.2. The Morgan fingerprint density at radius 1 is 1.18 bits per heavy atom. The summed E-state index contributed by atoms with van der Waals surface area (Å²) in [7, 11) is 1.14. The number of ether oxygens (including phenoxy) is 2. The molecule has 0 aliphatic rings. The van der Waals surface area contributed by atoms with E-state index < -0.39 is 16.6 Å². The topological polar surface area (TPSA) is 78.7 Å². The molecule has 2 aromatic rings. The van der Waals surface area contributed by atoms with Crippen molar-refractivity contribution in [3.8, 4) is 11.5 Å². The highest BCUT2D eigenvalue weighted by Crippen LogP contribution is 2.33. The van der Waals surface area contributed by atoms with Crippen molar-refractivity contribution in [3.05, 3.63) is 62.1 Å². The molecule has 0 amide bonds. The third kappa shape index (κ3) is 3.47. The molecule has 0 unspecified atom stereocenters. The summed E-state index contributed by atoms with van der Waals surface area (Å²) in [4.78, 5) is 21.9. The van der Waals surface area contributed by atoms with Crippen molar-refractivity contribution < 1.29 is 19.2 Å². The molecule has 22 heavy (non-hydrogen) atoms. The fourth-order valence-electron chi connectivity index (χ4n) is 1.69. The maximum Gasteiger partial charge on any atom is 0.344 e. The second-order valence-electron chi connectivity index (χ2n) is 4.10. The molecule has 0 saturated heterocycles. The number of benzene rings is 2. The molecule has 0 radical (unpaired) electrons. The van der Waals surface area contributed by atoms with Gasteiger partial charge in [0, 0.05) is 5.02 Å². The quantitative estimate of drug-likeness (QED) is 0.465. The molecule has 0 fully saturated rings. The first-order chi connectivity index (χ1) is 10.4. The minimum Gasteiger partial charge on any atom is -0.465 e. The number of rotatable bonds is 4. The largest absolute Gasteiger partial charge is 0.465 e. The average molecular weight is 342 g/mol. The van der Waals surface area contributed by atoms with Gasteiger partial charge in [0.1, 0.15) is 17.1 Å². The van der Waals surface area contributed by atoms with E-state index in [2.05, 4.69) is 4.74 Å². The normalized spacial score (nSPS) is 10.1. The Balaban J connectivity index is 2.38. The Bertz CT molecular complexity index is 748. The van der Waals surface area contributed by atoms with Gasteiger partial charge in [-0.05, 0) is 30.3 Å². The van der Waals surface area contributed by atoms with Crippen LogP contribution in [0.25, 0.3) is 0 Å². The fraction of sp³-hybridized carbons (Fsp3) is 0.0714. The van der Waals surface area contributed by atoms with Crippen LogP contribution in [0.1, 0.15) is 10.4 Å². The molecule has 0 N–H and O–H groups in total. The van der Waals surface area contributed by atoms with Crippen LogP contribution in [0.2, 0.25) is 10.0 Å². The van der Waals surface area contributed by atoms with E-state index >= 15 is 0 Å². The monoisotopic (exact) mass is 341 g/mol. The van der Waals surface area contributed by atoms with Crippen molar-refractivity contribution in [1.82, 2.24) is 0 Å². The van der Waals surface area contributed by atoms with Gasteiger partial charge in [0.15, 0.2) is 0 Å². The van der Waals surface area contributed by atoms with Gasteiger partial charge in [-0.2, -0.15) is 0 Å². The van der Waals surface area contributed by atoms with Gasteiger partial charge in [-0.1, -0.05) is 23.2 Å². The van der Waals surface area contributed by atoms with Crippen LogP contribution in [-0.4, -0.2) is 18.0 Å². The summed E-state index contributed by atoms with van der Waals surface area (Å²) in [6.07, 6.45) is 0. The third-order valence-electron chi connectivity index (χ3n) is 2.69. The van der Waals surface area contributed by atoms with E-state index in [0.29, 0.717) is 5.02 Å². The molecule has 6 nitrogen and oxygen atoms in total. The van der Waals surface area contributed by atoms with Crippen LogP contribution < -0.4 is 4.74 Å². The average Bonchev–Trinajstić information content (AvgIpc) is 2.49. The summed E-state index contributed by atoms with van der Waals surface area (Å²) in [6, 6.07) is 8.37. The molecule has 0 heterocycles. The maximum absolute atomic E-state index is 11.5. The molecule has 114 valence electrons. The van der Waals surface area contributed by atoms with Crippen molar-refractivity contribution in [1.29, 1.82) is 0 Å². The number of carbonyl (C=O) groups is 1. The molecule has 2 aromatic carbocycles. The first kappa shape index (κ1) is 16.1. The standard InChI is InChI=1S/C14H9Cl2NO5/c1-21-14(18)10-4-3-9(7-12(10)17(19)20)22-13-5-2-8(15)6-11(13)16/h2-7H,1H3. The summed E-state index contributed by atoms with van der Waals surface area (Å²) in [5.74, 6) is -0.363. The number of methoxy groups -OCH3 is 1. The van der Waals surface area contributed by atoms with E-state index in [1.165, 1.54) is 24.3 Å². The van der Waals surface area contributed by atoms with Crippen LogP contribution in [-0.2, 0) is 4.74 Å². The molecule has 8 heteroatoms. The maximum atomic E-state index is 11.5. The number of nitro benzene ring substituents is 1. The van der Waals surface area contributed by atoms with Gasteiger partial charge in [-0.3, -0.25) is 10.1 Å². The number of hydrogen-bond acceptors (Lipinski definition) is 5. The van der Waals surface area contributed by atoms with E-state index in [0.717, 1.165) is 13.2 Å². The zero-order chi connectivity index (χ0) is 16.3. The molecule has 0 bridgehead atoms. The fourth-order valence-corrected chi connectivity index (χ4v) is 2.14. The summed E-state index contributed by atoms with van der Waals surface area (Å²) in [6.45, 7) is 0. The van der Waals surface area contributed by atoms with Crippen molar-refractivity contribution in [2.24, 2.45) is 0 Å². The predicted octanol–water partition coefficient (Wildman–Crippen LogP) is 4.48. The van der Waals surface area contributed by atoms with E-state index in [1.807, 2.05) is 0 Å².